The van der Waals surface area contributed by atoms with Crippen molar-refractivity contribution in [3.05, 3.63) is 64.7 Å². The maximum Gasteiger partial charge on any atom is 0.326 e. The number of ether oxygens (including phenoxy) is 1. The third kappa shape index (κ3) is 4.60. The van der Waals surface area contributed by atoms with E-state index in [2.05, 4.69) is 16.0 Å². The molecular weight excluding hydrogens is 486 g/mol. The van der Waals surface area contributed by atoms with E-state index in [1.807, 2.05) is 60.4 Å². The summed E-state index contributed by atoms with van der Waals surface area (Å²) >= 11 is 1.53. The van der Waals surface area contributed by atoms with Crippen LogP contribution in [0.1, 0.15) is 37.7 Å². The van der Waals surface area contributed by atoms with Gasteiger partial charge in [-0.2, -0.15) is 0 Å². The fourth-order valence-corrected chi connectivity index (χ4v) is 7.46. The molecule has 3 heterocycles. The standard InChI is InChI=1S/C28H33N5O3S/c1-16-15-18(36-17-7-3-2-4-8-17)11-12-21(16)33-22-13-14-30-27-23(22)24(32-28(33)35)25(37-27)26(34)31-20-10-6-5-9-19(20)29/h2-4,7-8,11-12,15,19-20,22-23,27,30H,5-6,9-10,13-14,29H2,1H3,(H,31,34)(H,32,35)/t19-,20-,22?,23?,27?/m1/s1. The molecular formula is C28H33N5O3S. The summed E-state index contributed by atoms with van der Waals surface area (Å²) in [5, 5.41) is 9.87. The van der Waals surface area contributed by atoms with Crippen LogP contribution in [0.3, 0.4) is 0 Å². The first-order valence-corrected chi connectivity index (χ1v) is 14.0. The van der Waals surface area contributed by atoms with E-state index < -0.39 is 0 Å². The first-order valence-electron chi connectivity index (χ1n) is 13.1. The molecule has 1 saturated carbocycles. The van der Waals surface area contributed by atoms with E-state index in [1.165, 1.54) is 11.8 Å². The molecule has 3 fully saturated rings. The minimum Gasteiger partial charge on any atom is -0.457 e. The lowest BCUT2D eigenvalue weighted by Crippen LogP contribution is -2.62. The first kappa shape index (κ1) is 24.3. The number of anilines is 1. The highest BCUT2D eigenvalue weighted by Crippen LogP contribution is 2.48. The van der Waals surface area contributed by atoms with Crippen molar-refractivity contribution in [1.82, 2.24) is 16.0 Å². The predicted molar refractivity (Wildman–Crippen MR) is 145 cm³/mol. The van der Waals surface area contributed by atoms with Crippen molar-refractivity contribution in [2.75, 3.05) is 11.4 Å². The van der Waals surface area contributed by atoms with Gasteiger partial charge >= 0.3 is 6.03 Å². The molecule has 194 valence electrons. The van der Waals surface area contributed by atoms with E-state index in [1.54, 1.807) is 0 Å². The Labute approximate surface area is 221 Å². The zero-order valence-corrected chi connectivity index (χ0v) is 21.7. The van der Waals surface area contributed by atoms with Crippen LogP contribution in [0.2, 0.25) is 0 Å². The van der Waals surface area contributed by atoms with E-state index >= 15 is 0 Å². The van der Waals surface area contributed by atoms with Crippen LogP contribution >= 0.6 is 11.8 Å². The Kier molecular flexibility index (Phi) is 6.60. The van der Waals surface area contributed by atoms with E-state index in [4.69, 9.17) is 10.5 Å². The minimum absolute atomic E-state index is 0.0110. The first-order chi connectivity index (χ1) is 18.0. The minimum atomic E-state index is -0.195. The molecule has 0 bridgehead atoms. The molecule has 6 rings (SSSR count). The number of benzene rings is 2. The van der Waals surface area contributed by atoms with Crippen LogP contribution in [-0.4, -0.2) is 42.0 Å². The highest BCUT2D eigenvalue weighted by molar-refractivity contribution is 8.04. The summed E-state index contributed by atoms with van der Waals surface area (Å²) in [4.78, 5) is 29.4. The number of nitrogens with two attached hydrogens (primary N) is 1. The number of aryl methyl sites for hydroxylation is 1. The van der Waals surface area contributed by atoms with Crippen molar-refractivity contribution in [3.8, 4) is 11.5 Å². The van der Waals surface area contributed by atoms with Crippen LogP contribution in [0.25, 0.3) is 0 Å². The average Bonchev–Trinajstić information content (AvgIpc) is 3.26. The van der Waals surface area contributed by atoms with Gasteiger partial charge in [-0.1, -0.05) is 42.8 Å². The molecule has 2 aromatic carbocycles. The Morgan fingerprint density at radius 1 is 1.11 bits per heavy atom. The van der Waals surface area contributed by atoms with Crippen LogP contribution in [0.4, 0.5) is 10.5 Å². The highest BCUT2D eigenvalue weighted by Gasteiger charge is 2.52. The van der Waals surface area contributed by atoms with Gasteiger partial charge in [-0.3, -0.25) is 9.69 Å². The smallest absolute Gasteiger partial charge is 0.326 e. The maximum atomic E-state index is 13.5. The Morgan fingerprint density at radius 2 is 1.92 bits per heavy atom. The number of thioether (sulfide) groups is 1. The second kappa shape index (κ2) is 10.0. The number of rotatable bonds is 5. The zero-order valence-electron chi connectivity index (χ0n) is 20.9. The second-order valence-electron chi connectivity index (χ2n) is 10.3. The van der Waals surface area contributed by atoms with Crippen LogP contribution in [0, 0.1) is 12.8 Å². The van der Waals surface area contributed by atoms with Crippen LogP contribution in [-0.2, 0) is 4.79 Å². The molecule has 8 nitrogen and oxygen atoms in total. The van der Waals surface area contributed by atoms with Crippen molar-refractivity contribution < 1.29 is 14.3 Å². The summed E-state index contributed by atoms with van der Waals surface area (Å²) in [7, 11) is 0. The van der Waals surface area contributed by atoms with Crippen molar-refractivity contribution in [1.29, 1.82) is 0 Å². The fourth-order valence-electron chi connectivity index (χ4n) is 6.06. The number of hydrogen-bond donors (Lipinski definition) is 4. The molecule has 2 saturated heterocycles. The van der Waals surface area contributed by atoms with Gasteiger partial charge in [-0.25, -0.2) is 4.79 Å². The summed E-state index contributed by atoms with van der Waals surface area (Å²) < 4.78 is 6.00. The molecule has 0 spiro atoms. The van der Waals surface area contributed by atoms with Gasteiger partial charge in [-0.05, 0) is 68.6 Å². The Bertz CT molecular complexity index is 1240. The number of urea groups is 1. The molecule has 3 amide bonds. The average molecular weight is 520 g/mol. The quantitative estimate of drug-likeness (QED) is 0.476. The summed E-state index contributed by atoms with van der Waals surface area (Å²) in [5.74, 6) is 1.38. The molecule has 4 aliphatic rings. The molecule has 0 radical (unpaired) electrons. The lowest BCUT2D eigenvalue weighted by atomic mass is 9.86. The SMILES string of the molecule is Cc1cc(Oc2ccccc2)ccc1N1C(=O)NC2=C(C(=O)N[C@@H]3CCCC[C@H]3N)SC3NCCC1C23. The van der Waals surface area contributed by atoms with Gasteiger partial charge in [0.05, 0.1) is 16.3 Å². The number of carbonyl (C=O) groups excluding carboxylic acids is 2. The number of para-hydroxylation sites is 1. The maximum absolute atomic E-state index is 13.5. The van der Waals surface area contributed by atoms with Crippen molar-refractivity contribution in [2.24, 2.45) is 11.7 Å². The van der Waals surface area contributed by atoms with Crippen LogP contribution in [0.5, 0.6) is 11.5 Å². The second-order valence-corrected chi connectivity index (χ2v) is 11.5. The Balaban J connectivity index is 1.25. The molecule has 9 heteroatoms. The molecule has 5 atom stereocenters. The molecule has 3 unspecified atom stereocenters. The van der Waals surface area contributed by atoms with Crippen LogP contribution in [0.15, 0.2) is 59.1 Å². The van der Waals surface area contributed by atoms with Crippen molar-refractivity contribution in [2.45, 2.75) is 62.5 Å². The van der Waals surface area contributed by atoms with E-state index in [-0.39, 0.29) is 41.4 Å². The summed E-state index contributed by atoms with van der Waals surface area (Å²) in [6.45, 7) is 2.78. The van der Waals surface area contributed by atoms with Gasteiger partial charge in [0.15, 0.2) is 0 Å². The predicted octanol–water partition coefficient (Wildman–Crippen LogP) is 3.97. The Morgan fingerprint density at radius 3 is 2.70 bits per heavy atom. The number of hydrogen-bond acceptors (Lipinski definition) is 6. The molecule has 1 aliphatic carbocycles. The summed E-state index contributed by atoms with van der Waals surface area (Å²) in [6.07, 6.45) is 4.82. The number of piperidine rings is 1. The third-order valence-electron chi connectivity index (χ3n) is 7.89. The topological polar surface area (TPSA) is 109 Å². The number of carbonyl (C=O) groups is 2. The molecule has 0 aromatic heterocycles. The summed E-state index contributed by atoms with van der Waals surface area (Å²) in [6, 6.07) is 15.2. The number of nitrogens with one attached hydrogen (secondary N) is 3. The molecule has 3 aliphatic heterocycles. The monoisotopic (exact) mass is 519 g/mol. The zero-order chi connectivity index (χ0) is 25.5. The van der Waals surface area contributed by atoms with Crippen molar-refractivity contribution >= 4 is 29.4 Å². The van der Waals surface area contributed by atoms with Gasteiger partial charge in [-0.15, -0.1) is 0 Å². The lowest BCUT2D eigenvalue weighted by molar-refractivity contribution is -0.117. The van der Waals surface area contributed by atoms with E-state index in [0.717, 1.165) is 67.1 Å². The number of nitrogens with zero attached hydrogens (tertiary/aromatic N) is 1. The van der Waals surface area contributed by atoms with Gasteiger partial charge in [0.2, 0.25) is 0 Å². The largest absolute Gasteiger partial charge is 0.457 e. The molecule has 2 aromatic rings. The van der Waals surface area contributed by atoms with Gasteiger partial charge < -0.3 is 26.4 Å². The van der Waals surface area contributed by atoms with Gasteiger partial charge in [0.1, 0.15) is 11.5 Å². The van der Waals surface area contributed by atoms with Crippen molar-refractivity contribution in [3.63, 3.8) is 0 Å². The molecule has 37 heavy (non-hydrogen) atoms. The normalized spacial score (nSPS) is 29.0. The van der Waals surface area contributed by atoms with Gasteiger partial charge in [0.25, 0.3) is 5.91 Å². The summed E-state index contributed by atoms with van der Waals surface area (Å²) in [5.41, 5.74) is 8.85. The van der Waals surface area contributed by atoms with E-state index in [0.29, 0.717) is 4.91 Å². The highest BCUT2D eigenvalue weighted by atomic mass is 32.2. The Hall–Kier alpha value is -3.01. The third-order valence-corrected chi connectivity index (χ3v) is 9.24. The fraction of sp³-hybridized carbons (Fsp3) is 0.429. The van der Waals surface area contributed by atoms with Crippen LogP contribution < -0.4 is 31.3 Å². The molecule has 5 N–H and O–H groups in total. The number of amides is 3. The lowest BCUT2D eigenvalue weighted by Gasteiger charge is -2.46. The van der Waals surface area contributed by atoms with Gasteiger partial charge in [0, 0.05) is 29.4 Å². The van der Waals surface area contributed by atoms with E-state index in [9.17, 15) is 9.59 Å².